The van der Waals surface area contributed by atoms with Gasteiger partial charge >= 0.3 is 0 Å². The molecule has 0 aliphatic heterocycles. The second kappa shape index (κ2) is 8.08. The number of rotatable bonds is 8. The van der Waals surface area contributed by atoms with Crippen LogP contribution >= 0.6 is 0 Å². The summed E-state index contributed by atoms with van der Waals surface area (Å²) in [5, 5.41) is 12.9. The van der Waals surface area contributed by atoms with Gasteiger partial charge < -0.3 is 19.9 Å². The van der Waals surface area contributed by atoms with Crippen molar-refractivity contribution in [3.05, 3.63) is 29.8 Å². The first-order chi connectivity index (χ1) is 8.61. The van der Waals surface area contributed by atoms with Crippen molar-refractivity contribution in [3.63, 3.8) is 0 Å². The van der Waals surface area contributed by atoms with Gasteiger partial charge in [0.25, 0.3) is 0 Å². The first-order valence-corrected chi connectivity index (χ1v) is 6.21. The van der Waals surface area contributed by atoms with E-state index in [0.29, 0.717) is 13.2 Å². The third kappa shape index (κ3) is 6.00. The van der Waals surface area contributed by atoms with Gasteiger partial charge in [-0.1, -0.05) is 17.7 Å². The zero-order valence-electron chi connectivity index (χ0n) is 11.3. The number of nitrogens with one attached hydrogen (secondary N) is 1. The van der Waals surface area contributed by atoms with Gasteiger partial charge in [0, 0.05) is 19.7 Å². The monoisotopic (exact) mass is 253 g/mol. The molecule has 0 fully saturated rings. The van der Waals surface area contributed by atoms with Crippen LogP contribution in [-0.2, 0) is 4.74 Å². The molecule has 0 spiro atoms. The molecule has 102 valence electrons. The fourth-order valence-corrected chi connectivity index (χ4v) is 1.53. The lowest BCUT2D eigenvalue weighted by molar-refractivity contribution is 0.0973. The summed E-state index contributed by atoms with van der Waals surface area (Å²) < 4.78 is 10.5. The molecule has 0 aliphatic rings. The Balaban J connectivity index is 2.20. The van der Waals surface area contributed by atoms with Crippen molar-refractivity contribution in [2.45, 2.75) is 26.0 Å². The van der Waals surface area contributed by atoms with Gasteiger partial charge in [0.15, 0.2) is 0 Å². The molecule has 2 atom stereocenters. The average Bonchev–Trinajstić information content (AvgIpc) is 2.36. The largest absolute Gasteiger partial charge is 0.491 e. The van der Waals surface area contributed by atoms with Crippen LogP contribution in [0.25, 0.3) is 0 Å². The molecule has 0 amide bonds. The fraction of sp³-hybridized carbons (Fsp3) is 0.571. The number of aliphatic hydroxyl groups excluding tert-OH is 1. The molecular weight excluding hydrogens is 230 g/mol. The molecule has 1 aromatic carbocycles. The Morgan fingerprint density at radius 3 is 2.50 bits per heavy atom. The maximum atomic E-state index is 9.75. The van der Waals surface area contributed by atoms with E-state index in [1.165, 1.54) is 5.56 Å². The number of methoxy groups -OCH3 is 1. The zero-order valence-corrected chi connectivity index (χ0v) is 11.3. The molecule has 1 aromatic rings. The molecule has 2 unspecified atom stereocenters. The lowest BCUT2D eigenvalue weighted by atomic mass is 10.2. The van der Waals surface area contributed by atoms with Crippen LogP contribution < -0.4 is 10.1 Å². The van der Waals surface area contributed by atoms with E-state index in [1.54, 1.807) is 7.11 Å². The molecule has 18 heavy (non-hydrogen) atoms. The smallest absolute Gasteiger partial charge is 0.119 e. The molecule has 0 aliphatic carbocycles. The Morgan fingerprint density at radius 2 is 1.89 bits per heavy atom. The van der Waals surface area contributed by atoms with Crippen LogP contribution in [0.3, 0.4) is 0 Å². The van der Waals surface area contributed by atoms with E-state index >= 15 is 0 Å². The van der Waals surface area contributed by atoms with E-state index < -0.39 is 6.10 Å². The van der Waals surface area contributed by atoms with Gasteiger partial charge in [-0.25, -0.2) is 0 Å². The Kier molecular flexibility index (Phi) is 6.72. The minimum atomic E-state index is -0.523. The minimum absolute atomic E-state index is 0.226. The van der Waals surface area contributed by atoms with E-state index in [9.17, 15) is 5.11 Å². The quantitative estimate of drug-likeness (QED) is 0.734. The molecule has 2 N–H and O–H groups in total. The summed E-state index contributed by atoms with van der Waals surface area (Å²) in [5.41, 5.74) is 1.19. The standard InChI is InChI=1S/C14H23NO3/c1-11-4-6-14(7-5-11)18-10-13(16)8-15-12(2)9-17-3/h4-7,12-13,15-16H,8-10H2,1-3H3. The van der Waals surface area contributed by atoms with Crippen molar-refractivity contribution in [1.82, 2.24) is 5.32 Å². The van der Waals surface area contributed by atoms with Crippen molar-refractivity contribution < 1.29 is 14.6 Å². The van der Waals surface area contributed by atoms with Crippen LogP contribution in [0.1, 0.15) is 12.5 Å². The summed E-state index contributed by atoms with van der Waals surface area (Å²) in [5.74, 6) is 0.782. The number of benzene rings is 1. The molecular formula is C14H23NO3. The minimum Gasteiger partial charge on any atom is -0.491 e. The Morgan fingerprint density at radius 1 is 1.22 bits per heavy atom. The second-order valence-corrected chi connectivity index (χ2v) is 4.54. The van der Waals surface area contributed by atoms with E-state index in [2.05, 4.69) is 5.32 Å². The first-order valence-electron chi connectivity index (χ1n) is 6.21. The van der Waals surface area contributed by atoms with E-state index in [4.69, 9.17) is 9.47 Å². The van der Waals surface area contributed by atoms with Crippen LogP contribution in [0.2, 0.25) is 0 Å². The van der Waals surface area contributed by atoms with Gasteiger partial charge in [0.1, 0.15) is 18.5 Å². The topological polar surface area (TPSA) is 50.7 Å². The third-order valence-electron chi connectivity index (χ3n) is 2.58. The predicted molar refractivity (Wildman–Crippen MR) is 72.0 cm³/mol. The first kappa shape index (κ1) is 15.0. The molecule has 0 bridgehead atoms. The van der Waals surface area contributed by atoms with E-state index in [-0.39, 0.29) is 12.6 Å². The number of hydrogen-bond acceptors (Lipinski definition) is 4. The van der Waals surface area contributed by atoms with Crippen molar-refractivity contribution in [1.29, 1.82) is 0 Å². The van der Waals surface area contributed by atoms with Crippen LogP contribution in [0.5, 0.6) is 5.75 Å². The third-order valence-corrected chi connectivity index (χ3v) is 2.58. The van der Waals surface area contributed by atoms with Gasteiger partial charge in [-0.15, -0.1) is 0 Å². The maximum absolute atomic E-state index is 9.75. The van der Waals surface area contributed by atoms with Crippen LogP contribution in [0.4, 0.5) is 0 Å². The highest BCUT2D eigenvalue weighted by Crippen LogP contribution is 2.11. The van der Waals surface area contributed by atoms with Crippen LogP contribution in [-0.4, -0.2) is 44.1 Å². The van der Waals surface area contributed by atoms with Gasteiger partial charge in [-0.3, -0.25) is 0 Å². The van der Waals surface area contributed by atoms with E-state index in [1.807, 2.05) is 38.1 Å². The Labute approximate surface area is 109 Å². The molecule has 4 heteroatoms. The summed E-state index contributed by atoms with van der Waals surface area (Å²) in [4.78, 5) is 0. The summed E-state index contributed by atoms with van der Waals surface area (Å²) in [6.07, 6.45) is -0.523. The molecule has 4 nitrogen and oxygen atoms in total. The van der Waals surface area contributed by atoms with E-state index in [0.717, 1.165) is 5.75 Å². The zero-order chi connectivity index (χ0) is 13.4. The highest BCUT2D eigenvalue weighted by Gasteiger charge is 2.07. The van der Waals surface area contributed by atoms with Crippen LogP contribution in [0.15, 0.2) is 24.3 Å². The van der Waals surface area contributed by atoms with Gasteiger partial charge in [-0.05, 0) is 26.0 Å². The molecule has 0 heterocycles. The molecule has 0 saturated carbocycles. The predicted octanol–water partition coefficient (Wildman–Crippen LogP) is 1.36. The molecule has 1 rings (SSSR count). The number of ether oxygens (including phenoxy) is 2. The number of hydrogen-bond donors (Lipinski definition) is 2. The molecule has 0 aromatic heterocycles. The molecule has 0 saturated heterocycles. The highest BCUT2D eigenvalue weighted by molar-refractivity contribution is 5.26. The Bertz CT molecular complexity index is 326. The highest BCUT2D eigenvalue weighted by atomic mass is 16.5. The number of aliphatic hydroxyl groups is 1. The number of aryl methyl sites for hydroxylation is 1. The van der Waals surface area contributed by atoms with Gasteiger partial charge in [-0.2, -0.15) is 0 Å². The van der Waals surface area contributed by atoms with Gasteiger partial charge in [0.2, 0.25) is 0 Å². The lowest BCUT2D eigenvalue weighted by Crippen LogP contribution is -2.38. The summed E-state index contributed by atoms with van der Waals surface area (Å²) in [7, 11) is 1.66. The maximum Gasteiger partial charge on any atom is 0.119 e. The SMILES string of the molecule is COCC(C)NCC(O)COc1ccc(C)cc1. The van der Waals surface area contributed by atoms with Crippen molar-refractivity contribution >= 4 is 0 Å². The summed E-state index contributed by atoms with van der Waals surface area (Å²) >= 11 is 0. The summed E-state index contributed by atoms with van der Waals surface area (Å²) in [6, 6.07) is 8.01. The van der Waals surface area contributed by atoms with Crippen molar-refractivity contribution in [2.24, 2.45) is 0 Å². The van der Waals surface area contributed by atoms with Gasteiger partial charge in [0.05, 0.1) is 6.61 Å². The van der Waals surface area contributed by atoms with Crippen LogP contribution in [0, 0.1) is 6.92 Å². The normalized spacial score (nSPS) is 14.2. The fourth-order valence-electron chi connectivity index (χ4n) is 1.53. The second-order valence-electron chi connectivity index (χ2n) is 4.54. The average molecular weight is 253 g/mol. The van der Waals surface area contributed by atoms with Crippen molar-refractivity contribution in [3.8, 4) is 5.75 Å². The van der Waals surface area contributed by atoms with Crippen molar-refractivity contribution in [2.75, 3.05) is 26.9 Å². The summed E-state index contributed by atoms with van der Waals surface area (Å²) in [6.45, 7) is 5.45. The molecule has 0 radical (unpaired) electrons. The lowest BCUT2D eigenvalue weighted by Gasteiger charge is -2.17. The Hall–Kier alpha value is -1.10.